The van der Waals surface area contributed by atoms with Gasteiger partial charge >= 0.3 is 5.97 Å². The molecular formula is C88H113ClN12O27S. The van der Waals surface area contributed by atoms with Crippen LogP contribution in [0.2, 0.25) is 5.02 Å². The summed E-state index contributed by atoms with van der Waals surface area (Å²) in [5.41, 5.74) is 7.93. The predicted octanol–water partition coefficient (Wildman–Crippen LogP) is 2.63. The SMILES string of the molecule is CCCCCCc1ccc(S(=O)(=O)NCCCCCCNCc2c(O)cc3c(c2O)-c2cc(ccc2O)[C@H]2NC(=O)[C@@H]4NC(=O)[C@H](CC(N)=O)NC(=O)[C@H](NC(=O)[C@@H](CC(C)C)NC)[C@H](O)c5ccc(c(C)c5)Oc5cc4cc(c5O[C@@H]4O[C@H](CO)[C@@H](O)[C@H](O)[C@H]4O[C@H]4C[C@](C)(NC(=O)CN)[C@H](O)[C@H](C)O4)Oc4ccc(cc4Cl)[C@@H](O)[C@H](NC2=O)C(=O)N[C@@H]3C(=O)O)cc1. The molecule has 0 aromatic heterocycles. The van der Waals surface area contributed by atoms with Crippen molar-refractivity contribution in [2.75, 3.05) is 33.3 Å². The summed E-state index contributed by atoms with van der Waals surface area (Å²) in [6, 6.07) is 5.59. The van der Waals surface area contributed by atoms with Crippen molar-refractivity contribution in [3.8, 4) is 57.1 Å². The van der Waals surface area contributed by atoms with Gasteiger partial charge in [-0.2, -0.15) is 0 Å². The van der Waals surface area contributed by atoms with Gasteiger partial charge in [0.2, 0.25) is 69.3 Å². The fourth-order valence-electron chi connectivity index (χ4n) is 16.2. The van der Waals surface area contributed by atoms with E-state index in [2.05, 4.69) is 59.5 Å². The van der Waals surface area contributed by atoms with Gasteiger partial charge in [-0.25, -0.2) is 17.9 Å². The van der Waals surface area contributed by atoms with Crippen LogP contribution in [0.5, 0.6) is 46.0 Å². The van der Waals surface area contributed by atoms with E-state index in [1.54, 1.807) is 12.1 Å². The molecule has 39 nitrogen and oxygen atoms in total. The van der Waals surface area contributed by atoms with Gasteiger partial charge in [-0.05, 0) is 172 Å². The van der Waals surface area contributed by atoms with Gasteiger partial charge in [0.25, 0.3) is 0 Å². The number of aromatic hydroxyl groups is 3. The van der Waals surface area contributed by atoms with Crippen LogP contribution in [0, 0.1) is 12.8 Å². The molecule has 24 N–H and O–H groups in total. The highest BCUT2D eigenvalue weighted by molar-refractivity contribution is 7.89. The van der Waals surface area contributed by atoms with Crippen LogP contribution in [0.4, 0.5) is 0 Å². The number of phenols is 3. The van der Waals surface area contributed by atoms with Crippen molar-refractivity contribution >= 4 is 74.9 Å². The molecule has 2 fully saturated rings. The van der Waals surface area contributed by atoms with E-state index in [4.69, 9.17) is 51.5 Å². The van der Waals surface area contributed by atoms with E-state index in [9.17, 15) is 78.7 Å². The predicted molar refractivity (Wildman–Crippen MR) is 462 cm³/mol. The van der Waals surface area contributed by atoms with Gasteiger partial charge in [0.05, 0.1) is 52.7 Å². The number of unbranched alkanes of at least 4 members (excludes halogenated alkanes) is 6. The molecule has 0 radical (unpaired) electrons. The third kappa shape index (κ3) is 23.5. The first-order chi connectivity index (χ1) is 61.3. The molecule has 2 saturated heterocycles. The minimum atomic E-state index is -3.80. The topological polar surface area (TPSA) is 618 Å². The standard InChI is InChI=1S/C88H113ClN12O27S/c1-8-9-10-13-16-44-17-22-49(23-18-44)129(121,122)94-28-15-12-11-14-27-93-39-52-57(104)35-51-66(74(52)109)50-31-45(19-24-56(50)103)67-82(115)100-71(85(118)98-69(51)86(119)120)73(108)47-21-26-59(53(89)32-47)125-61-34-48-33-60(77(61)128-87-78(76(111)75(110)62(40-102)126-87)127-65-37-88(6,101-64(106)38-90)79(112)43(5)123-65)124-58-25-20-46(30-42(58)4)72(107)70(99-80(113)54(92-7)29-41(2)3)84(117)95-55(36-63(91)105)81(114)96-68(48)83(116)97-67/h17-26,30-35,41,43,54-55,62,65,67-73,75-76,78-79,87,92-94,102-104,107-112H,8-16,27-29,36-40,90H2,1-7H3,(H2,91,105)(H,95,117)(H,96,114)(H,97,116)(H,98,118)(H,99,113)(H,100,115)(H,101,106)(H,119,120)/t43-,54+,55-,62+,65-,67+,68+,69-,70+,71-,72+,73+,75+,76-,78+,79+,87-,88-/m0/s1. The van der Waals surface area contributed by atoms with Crippen molar-refractivity contribution in [3.05, 3.63) is 147 Å². The first-order valence-electron chi connectivity index (χ1n) is 42.6. The Hall–Kier alpha value is -10.9. The number of carbonyl (C=O) groups excluding carboxylic acids is 8. The Balaban J connectivity index is 1.04. The summed E-state index contributed by atoms with van der Waals surface area (Å²) in [6.45, 7) is 8.67. The van der Waals surface area contributed by atoms with E-state index in [-0.39, 0.29) is 71.3 Å². The number of primary amides is 1. The van der Waals surface area contributed by atoms with Crippen LogP contribution in [0.25, 0.3) is 11.1 Å². The minimum Gasteiger partial charge on any atom is -0.507 e. The zero-order valence-electron chi connectivity index (χ0n) is 72.0. The minimum absolute atomic E-state index is 0.0613. The number of halogens is 1. The molecule has 129 heavy (non-hydrogen) atoms. The number of carboxylic acids is 1. The maximum Gasteiger partial charge on any atom is 0.330 e. The molecule has 41 heteroatoms. The number of carboxylic acid groups (broad SMARTS) is 1. The van der Waals surface area contributed by atoms with Crippen molar-refractivity contribution in [3.63, 3.8) is 0 Å². The summed E-state index contributed by atoms with van der Waals surface area (Å²) < 4.78 is 68.1. The van der Waals surface area contributed by atoms with Crippen LogP contribution in [0.15, 0.2) is 102 Å². The van der Waals surface area contributed by atoms with E-state index in [0.717, 1.165) is 92.3 Å². The number of nitrogens with two attached hydrogens (primary N) is 2. The lowest BCUT2D eigenvalue weighted by molar-refractivity contribution is -0.334. The average molecular weight is 1840 g/mol. The maximum atomic E-state index is 16.4. The molecule has 13 rings (SSSR count). The molecule has 6 aromatic rings. The van der Waals surface area contributed by atoms with Crippen LogP contribution in [-0.4, -0.2) is 225 Å². The van der Waals surface area contributed by atoms with Crippen LogP contribution in [-0.2, 0) is 80.4 Å². The number of aliphatic carboxylic acids is 1. The maximum absolute atomic E-state index is 16.4. The van der Waals surface area contributed by atoms with Crippen molar-refractivity contribution < 1.29 is 131 Å². The lowest BCUT2D eigenvalue weighted by Gasteiger charge is -2.48. The lowest BCUT2D eigenvalue weighted by Crippen LogP contribution is -2.66. The quantitative estimate of drug-likeness (QED) is 0.0278. The fourth-order valence-corrected chi connectivity index (χ4v) is 17.5. The number of benzene rings is 6. The molecular weight excluding hydrogens is 1720 g/mol. The monoisotopic (exact) mass is 1840 g/mol. The van der Waals surface area contributed by atoms with Gasteiger partial charge in [-0.15, -0.1) is 0 Å². The molecule has 0 aliphatic carbocycles. The summed E-state index contributed by atoms with van der Waals surface area (Å²) in [6.07, 6.45) is -12.3. The molecule has 11 bridgehead atoms. The Kier molecular flexibility index (Phi) is 33.0. The lowest BCUT2D eigenvalue weighted by atomic mass is 9.85. The van der Waals surface area contributed by atoms with E-state index < -0.39 is 265 Å². The number of ether oxygens (including phenoxy) is 6. The normalized spacial score (nSPS) is 25.7. The third-order valence-corrected chi connectivity index (χ3v) is 25.1. The number of fused-ring (bicyclic) bond motifs is 15. The number of aryl methyl sites for hydroxylation is 2. The zero-order valence-corrected chi connectivity index (χ0v) is 73.6. The number of amides is 8. The Bertz CT molecular complexity index is 5230. The largest absolute Gasteiger partial charge is 0.507 e. The highest BCUT2D eigenvalue weighted by Crippen LogP contribution is 2.51. The number of carbonyl (C=O) groups is 9. The number of phenolic OH excluding ortho intramolecular Hbond substituents is 3. The number of aliphatic hydroxyl groups excluding tert-OH is 6. The summed E-state index contributed by atoms with van der Waals surface area (Å²) in [4.78, 5) is 133. The Morgan fingerprint density at radius 1 is 0.705 bits per heavy atom. The van der Waals surface area contributed by atoms with Gasteiger partial charge in [-0.3, -0.25) is 38.4 Å². The van der Waals surface area contributed by atoms with Gasteiger partial charge < -0.3 is 139 Å². The van der Waals surface area contributed by atoms with Crippen LogP contribution < -0.4 is 78.3 Å². The second kappa shape index (κ2) is 43.2. The van der Waals surface area contributed by atoms with Gasteiger partial charge in [0.1, 0.15) is 95.6 Å². The molecule has 7 heterocycles. The highest BCUT2D eigenvalue weighted by Gasteiger charge is 2.53. The van der Waals surface area contributed by atoms with Crippen molar-refractivity contribution in [2.24, 2.45) is 17.4 Å². The number of rotatable bonds is 31. The molecule has 7 aliphatic rings. The average Bonchev–Trinajstić information content (AvgIpc) is 0.755. The number of nitrogens with one attached hydrogen (secondary N) is 10. The summed E-state index contributed by atoms with van der Waals surface area (Å²) in [5.74, 6) is -16.7. The first-order valence-corrected chi connectivity index (χ1v) is 44.4. The first kappa shape index (κ1) is 98.7. The second-order valence-corrected chi connectivity index (χ2v) is 35.6. The zero-order chi connectivity index (χ0) is 93.8. The van der Waals surface area contributed by atoms with Crippen LogP contribution in [0.1, 0.15) is 180 Å². The van der Waals surface area contributed by atoms with Crippen molar-refractivity contribution in [1.29, 1.82) is 0 Å². The molecule has 0 unspecified atom stereocenters. The number of likely N-dealkylation sites (N-methyl/N-ethyl adjacent to an activating group) is 1. The number of hydrogen-bond donors (Lipinski definition) is 22. The summed E-state index contributed by atoms with van der Waals surface area (Å²) in [5, 5.41) is 142. The fraction of sp³-hybridized carbons (Fsp3) is 0.489. The summed E-state index contributed by atoms with van der Waals surface area (Å²) in [7, 11) is -2.32. The second-order valence-electron chi connectivity index (χ2n) is 33.4. The van der Waals surface area contributed by atoms with E-state index in [0.29, 0.717) is 25.7 Å². The highest BCUT2D eigenvalue weighted by atomic mass is 35.5. The number of sulfonamides is 1. The van der Waals surface area contributed by atoms with Gasteiger partial charge in [0, 0.05) is 36.2 Å². The molecule has 7 aliphatic heterocycles. The number of aliphatic hydroxyl groups is 6. The Morgan fingerprint density at radius 2 is 1.35 bits per heavy atom. The van der Waals surface area contributed by atoms with E-state index in [1.807, 2.05) is 26.0 Å². The molecule has 18 atom stereocenters. The Morgan fingerprint density at radius 3 is 1.99 bits per heavy atom. The van der Waals surface area contributed by atoms with Gasteiger partial charge in [0.15, 0.2) is 29.9 Å². The number of hydrogen-bond acceptors (Lipinski definition) is 29. The molecule has 6 aromatic carbocycles. The summed E-state index contributed by atoms with van der Waals surface area (Å²) >= 11 is 7.18. The van der Waals surface area contributed by atoms with Crippen LogP contribution in [0.3, 0.4) is 0 Å². The van der Waals surface area contributed by atoms with E-state index in [1.165, 1.54) is 46.0 Å². The smallest absolute Gasteiger partial charge is 0.330 e. The molecule has 700 valence electrons. The van der Waals surface area contributed by atoms with E-state index >= 15 is 24.0 Å². The van der Waals surface area contributed by atoms with Crippen LogP contribution >= 0.6 is 11.6 Å². The van der Waals surface area contributed by atoms with Crippen molar-refractivity contribution in [1.82, 2.24) is 52.6 Å². The Labute approximate surface area is 748 Å². The third-order valence-electron chi connectivity index (χ3n) is 23.3. The van der Waals surface area contributed by atoms with Gasteiger partial charge in [-0.1, -0.05) is 94.8 Å². The molecule has 0 spiro atoms. The molecule has 0 saturated carbocycles. The van der Waals surface area contributed by atoms with Crippen molar-refractivity contribution in [2.45, 2.75) is 239 Å². The molecule has 8 amide bonds.